The first-order valence-corrected chi connectivity index (χ1v) is 7.52. The maximum absolute atomic E-state index is 2.48. The zero-order valence-electron chi connectivity index (χ0n) is 11.2. The van der Waals surface area contributed by atoms with E-state index in [9.17, 15) is 0 Å². The molecule has 0 spiro atoms. The smallest absolute Gasteiger partial charge is 0.00117 e. The molecule has 0 aromatic rings. The van der Waals surface area contributed by atoms with Gasteiger partial charge in [0, 0.05) is 33.1 Å². The molecule has 2 nitrogen and oxygen atoms in total. The molecule has 1 aliphatic heterocycles. The van der Waals surface area contributed by atoms with Crippen LogP contribution in [-0.4, -0.2) is 21.9 Å². The number of rotatable bonds is 2. The molecule has 0 aromatic carbocycles. The van der Waals surface area contributed by atoms with Crippen LogP contribution in [-0.2, 0) is 21.1 Å². The van der Waals surface area contributed by atoms with E-state index in [-0.39, 0.29) is 21.1 Å². The maximum Gasteiger partial charge on any atom is 0.00117 e. The van der Waals surface area contributed by atoms with Gasteiger partial charge in [-0.1, -0.05) is 38.5 Å². The van der Waals surface area contributed by atoms with Crippen LogP contribution in [0.3, 0.4) is 0 Å². The van der Waals surface area contributed by atoms with Gasteiger partial charge in [-0.2, -0.15) is 6.67 Å². The molecule has 2 saturated carbocycles. The molecule has 1 heterocycles. The molecule has 0 amide bonds. The largest absolute Gasteiger partial charge is 0.506 e. The molecule has 0 atom stereocenters. The molecule has 0 saturated heterocycles. The van der Waals surface area contributed by atoms with Crippen molar-refractivity contribution >= 4 is 0 Å². The summed E-state index contributed by atoms with van der Waals surface area (Å²) in [6.45, 7) is 2.38. The summed E-state index contributed by atoms with van der Waals surface area (Å²) < 4.78 is 0. The van der Waals surface area contributed by atoms with Crippen molar-refractivity contribution < 1.29 is 21.1 Å². The van der Waals surface area contributed by atoms with Crippen LogP contribution in [0.4, 0.5) is 0 Å². The Balaban J connectivity index is 0.00000120. The van der Waals surface area contributed by atoms with Crippen LogP contribution >= 0.6 is 0 Å². The van der Waals surface area contributed by atoms with Crippen molar-refractivity contribution in [3.05, 3.63) is 19.1 Å². The molecule has 3 aliphatic rings. The first-order chi connectivity index (χ1) is 8.43. The van der Waals surface area contributed by atoms with Crippen molar-refractivity contribution in [1.29, 1.82) is 0 Å². The second kappa shape index (κ2) is 6.98. The van der Waals surface area contributed by atoms with Crippen LogP contribution in [0.25, 0.3) is 0 Å². The second-order valence-corrected chi connectivity index (χ2v) is 5.89. The summed E-state index contributed by atoms with van der Waals surface area (Å²) in [4.78, 5) is 4.96. The summed E-state index contributed by atoms with van der Waals surface area (Å²) in [5.41, 5.74) is 0. The fraction of sp³-hybridized carbons (Fsp3) is 0.800. The Kier molecular flexibility index (Phi) is 5.60. The molecule has 3 heteroatoms. The maximum atomic E-state index is 2.48. The average molecular weight is 428 g/mol. The van der Waals surface area contributed by atoms with Gasteiger partial charge in [0.25, 0.3) is 0 Å². The molecule has 0 aromatic heterocycles. The van der Waals surface area contributed by atoms with E-state index in [2.05, 4.69) is 28.9 Å². The molecule has 0 N–H and O–H groups in total. The number of nitrogens with zero attached hydrogens (tertiary/aromatic N) is 2. The van der Waals surface area contributed by atoms with Crippen molar-refractivity contribution in [2.45, 2.75) is 76.3 Å². The van der Waals surface area contributed by atoms with Crippen molar-refractivity contribution in [3.8, 4) is 0 Å². The van der Waals surface area contributed by atoms with Crippen LogP contribution in [0.15, 0.2) is 12.4 Å². The first kappa shape index (κ1) is 14.4. The summed E-state index contributed by atoms with van der Waals surface area (Å²) in [5.74, 6) is 0. The summed E-state index contributed by atoms with van der Waals surface area (Å²) in [6, 6.07) is 1.57. The summed E-state index contributed by atoms with van der Waals surface area (Å²) >= 11 is 0. The Labute approximate surface area is 126 Å². The predicted molar refractivity (Wildman–Crippen MR) is 70.9 cm³/mol. The van der Waals surface area contributed by atoms with E-state index in [0.29, 0.717) is 0 Å². The van der Waals surface area contributed by atoms with Gasteiger partial charge in [-0.15, -0.1) is 0 Å². The van der Waals surface area contributed by atoms with E-state index in [1.807, 2.05) is 0 Å². The van der Waals surface area contributed by atoms with Gasteiger partial charge in [0.05, 0.1) is 0 Å². The molecule has 0 bridgehead atoms. The SMILES string of the molecule is C1=CN(C2CCCCC2)[CH-]N1C1CCCCC1.[Pt]. The average Bonchev–Trinajstić information content (AvgIpc) is 2.90. The van der Waals surface area contributed by atoms with Crippen LogP contribution in [0.2, 0.25) is 0 Å². The zero-order valence-corrected chi connectivity index (χ0v) is 13.4. The van der Waals surface area contributed by atoms with Gasteiger partial charge in [-0.05, 0) is 38.1 Å². The minimum atomic E-state index is 0. The van der Waals surface area contributed by atoms with E-state index >= 15 is 0 Å². The normalized spacial score (nSPS) is 26.4. The quantitative estimate of drug-likeness (QED) is 0.617. The van der Waals surface area contributed by atoms with E-state index < -0.39 is 0 Å². The van der Waals surface area contributed by atoms with Gasteiger partial charge < -0.3 is 9.80 Å². The van der Waals surface area contributed by atoms with Gasteiger partial charge in [-0.25, -0.2) is 0 Å². The first-order valence-electron chi connectivity index (χ1n) is 7.52. The van der Waals surface area contributed by atoms with Crippen LogP contribution in [0, 0.1) is 6.67 Å². The Morgan fingerprint density at radius 3 is 1.44 bits per heavy atom. The molecular weight excluding hydrogens is 403 g/mol. The van der Waals surface area contributed by atoms with Gasteiger partial charge >= 0.3 is 0 Å². The Morgan fingerprint density at radius 1 is 0.667 bits per heavy atom. The third-order valence-corrected chi connectivity index (χ3v) is 4.67. The van der Waals surface area contributed by atoms with Crippen LogP contribution in [0.1, 0.15) is 64.2 Å². The Bertz CT molecular complexity index is 242. The summed E-state index contributed by atoms with van der Waals surface area (Å²) in [7, 11) is 0. The topological polar surface area (TPSA) is 6.48 Å². The summed E-state index contributed by atoms with van der Waals surface area (Å²) in [6.07, 6.45) is 18.8. The molecule has 2 fully saturated rings. The molecule has 3 rings (SSSR count). The minimum Gasteiger partial charge on any atom is -0.506 e. The zero-order chi connectivity index (χ0) is 11.5. The molecule has 18 heavy (non-hydrogen) atoms. The van der Waals surface area contributed by atoms with Crippen molar-refractivity contribution in [3.63, 3.8) is 0 Å². The molecule has 0 radical (unpaired) electrons. The number of hydrogen-bond donors (Lipinski definition) is 0. The fourth-order valence-electron chi connectivity index (χ4n) is 3.58. The standard InChI is InChI=1S/C15H25N2.Pt/c1-3-7-14(8-4-1)16-11-12-17(13-16)15-9-5-2-6-10-15;/h11-15H,1-10H2;/q-1;. The van der Waals surface area contributed by atoms with Crippen molar-refractivity contribution in [2.75, 3.05) is 0 Å². The van der Waals surface area contributed by atoms with Crippen molar-refractivity contribution in [2.24, 2.45) is 0 Å². The monoisotopic (exact) mass is 428 g/mol. The predicted octanol–water partition coefficient (Wildman–Crippen LogP) is 3.86. The van der Waals surface area contributed by atoms with Crippen LogP contribution in [0.5, 0.6) is 0 Å². The van der Waals surface area contributed by atoms with Gasteiger partial charge in [-0.3, -0.25) is 0 Å². The Hall–Kier alpha value is 0.0283. The third-order valence-electron chi connectivity index (χ3n) is 4.67. The fourth-order valence-corrected chi connectivity index (χ4v) is 3.58. The van der Waals surface area contributed by atoms with E-state index in [1.165, 1.54) is 64.2 Å². The molecule has 106 valence electrons. The van der Waals surface area contributed by atoms with Gasteiger partial charge in [0.1, 0.15) is 0 Å². The molecule has 2 aliphatic carbocycles. The van der Waals surface area contributed by atoms with Gasteiger partial charge in [0.2, 0.25) is 0 Å². The third kappa shape index (κ3) is 3.32. The Morgan fingerprint density at radius 2 is 1.06 bits per heavy atom. The summed E-state index contributed by atoms with van der Waals surface area (Å²) in [5, 5.41) is 0. The molecular formula is C15H25N2Pt-. The number of hydrogen-bond acceptors (Lipinski definition) is 2. The van der Waals surface area contributed by atoms with Gasteiger partial charge in [0.15, 0.2) is 0 Å². The van der Waals surface area contributed by atoms with E-state index in [1.54, 1.807) is 0 Å². The molecule has 0 unspecified atom stereocenters. The second-order valence-electron chi connectivity index (χ2n) is 5.89. The van der Waals surface area contributed by atoms with E-state index in [4.69, 9.17) is 0 Å². The van der Waals surface area contributed by atoms with E-state index in [0.717, 1.165) is 12.1 Å². The van der Waals surface area contributed by atoms with Crippen LogP contribution < -0.4 is 0 Å². The van der Waals surface area contributed by atoms with Crippen molar-refractivity contribution in [1.82, 2.24) is 9.80 Å². The minimum absolute atomic E-state index is 0.